The molecule has 3 nitrogen and oxygen atoms in total. The molecule has 1 aromatic carbocycles. The fourth-order valence-electron chi connectivity index (χ4n) is 2.88. The Morgan fingerprint density at radius 1 is 1.26 bits per heavy atom. The highest BCUT2D eigenvalue weighted by atomic mass is 16.5. The monoisotopic (exact) mass is 262 g/mol. The third kappa shape index (κ3) is 3.10. The number of fused-ring (bicyclic) bond motifs is 1. The summed E-state index contributed by atoms with van der Waals surface area (Å²) in [5.41, 5.74) is 2.96. The van der Waals surface area contributed by atoms with Gasteiger partial charge in [-0.25, -0.2) is 0 Å². The fraction of sp³-hybridized carbons (Fsp3) is 0.625. The zero-order chi connectivity index (χ0) is 13.7. The van der Waals surface area contributed by atoms with Crippen molar-refractivity contribution in [3.05, 3.63) is 29.8 Å². The van der Waals surface area contributed by atoms with Gasteiger partial charge >= 0.3 is 0 Å². The van der Waals surface area contributed by atoms with Crippen LogP contribution in [0.1, 0.15) is 32.3 Å². The topological polar surface area (TPSA) is 24.5 Å². The summed E-state index contributed by atoms with van der Waals surface area (Å²) in [7, 11) is 1.77. The molecule has 3 heteroatoms. The maximum atomic E-state index is 5.27. The zero-order valence-electron chi connectivity index (χ0n) is 12.4. The average Bonchev–Trinajstić information content (AvgIpc) is 2.63. The minimum atomic E-state index is 0.215. The summed E-state index contributed by atoms with van der Waals surface area (Å²) < 4.78 is 5.27. The molecule has 0 spiro atoms. The second kappa shape index (κ2) is 6.40. The molecule has 0 saturated carbocycles. The second-order valence-corrected chi connectivity index (χ2v) is 5.38. The average molecular weight is 262 g/mol. The molecular weight excluding hydrogens is 236 g/mol. The lowest BCUT2D eigenvalue weighted by Crippen LogP contribution is -2.51. The molecule has 1 N–H and O–H groups in total. The van der Waals surface area contributed by atoms with Crippen molar-refractivity contribution in [3.8, 4) is 0 Å². The molecule has 1 aliphatic heterocycles. The molecule has 0 radical (unpaired) electrons. The molecule has 0 unspecified atom stereocenters. The van der Waals surface area contributed by atoms with E-state index in [0.29, 0.717) is 0 Å². The number of hydrogen-bond donors (Lipinski definition) is 1. The standard InChI is InChI=1S/C16H26N2O/c1-4-16(5-2)13-18(10-11-19-3)15-9-7-6-8-14(15)12-17-16/h6-9,17H,4-5,10-13H2,1-3H3. The van der Waals surface area contributed by atoms with Crippen molar-refractivity contribution < 1.29 is 4.74 Å². The summed E-state index contributed by atoms with van der Waals surface area (Å²) in [6, 6.07) is 8.71. The first-order valence-electron chi connectivity index (χ1n) is 7.31. The van der Waals surface area contributed by atoms with Crippen LogP contribution in [0.2, 0.25) is 0 Å². The number of nitrogens with one attached hydrogen (secondary N) is 1. The van der Waals surface area contributed by atoms with E-state index in [1.54, 1.807) is 7.11 Å². The molecule has 0 aromatic heterocycles. The molecule has 0 fully saturated rings. The maximum absolute atomic E-state index is 5.27. The first-order chi connectivity index (χ1) is 9.24. The van der Waals surface area contributed by atoms with Gasteiger partial charge in [0, 0.05) is 38.0 Å². The summed E-state index contributed by atoms with van der Waals surface area (Å²) in [6.45, 7) is 8.30. The van der Waals surface area contributed by atoms with Crippen LogP contribution in [0.5, 0.6) is 0 Å². The van der Waals surface area contributed by atoms with Crippen LogP contribution in [0.3, 0.4) is 0 Å². The van der Waals surface area contributed by atoms with E-state index in [-0.39, 0.29) is 5.54 Å². The van der Waals surface area contributed by atoms with Crippen molar-refractivity contribution >= 4 is 5.69 Å². The van der Waals surface area contributed by atoms with E-state index in [2.05, 4.69) is 48.3 Å². The van der Waals surface area contributed by atoms with Crippen molar-refractivity contribution in [2.45, 2.75) is 38.8 Å². The van der Waals surface area contributed by atoms with Crippen molar-refractivity contribution in [1.82, 2.24) is 5.32 Å². The quantitative estimate of drug-likeness (QED) is 0.883. The Hall–Kier alpha value is -1.06. The lowest BCUT2D eigenvalue weighted by atomic mass is 9.92. The van der Waals surface area contributed by atoms with Crippen LogP contribution in [0.25, 0.3) is 0 Å². The molecule has 19 heavy (non-hydrogen) atoms. The van der Waals surface area contributed by atoms with Gasteiger partial charge in [0.25, 0.3) is 0 Å². The van der Waals surface area contributed by atoms with Crippen LogP contribution in [0.4, 0.5) is 5.69 Å². The van der Waals surface area contributed by atoms with Gasteiger partial charge in [-0.1, -0.05) is 32.0 Å². The van der Waals surface area contributed by atoms with Crippen LogP contribution in [-0.4, -0.2) is 32.3 Å². The van der Waals surface area contributed by atoms with Crippen LogP contribution < -0.4 is 10.2 Å². The Morgan fingerprint density at radius 2 is 2.00 bits per heavy atom. The molecule has 0 bridgehead atoms. The van der Waals surface area contributed by atoms with Crippen molar-refractivity contribution in [2.75, 3.05) is 31.7 Å². The number of nitrogens with zero attached hydrogens (tertiary/aromatic N) is 1. The molecule has 106 valence electrons. The van der Waals surface area contributed by atoms with Gasteiger partial charge < -0.3 is 15.0 Å². The molecule has 2 rings (SSSR count). The van der Waals surface area contributed by atoms with Gasteiger partial charge in [-0.3, -0.25) is 0 Å². The van der Waals surface area contributed by atoms with Gasteiger partial charge in [0.05, 0.1) is 6.61 Å². The zero-order valence-corrected chi connectivity index (χ0v) is 12.4. The number of hydrogen-bond acceptors (Lipinski definition) is 3. The van der Waals surface area contributed by atoms with E-state index >= 15 is 0 Å². The third-order valence-corrected chi connectivity index (χ3v) is 4.40. The van der Waals surface area contributed by atoms with Gasteiger partial charge in [-0.2, -0.15) is 0 Å². The summed E-state index contributed by atoms with van der Waals surface area (Å²) in [4.78, 5) is 2.48. The Bertz CT molecular complexity index is 401. The van der Waals surface area contributed by atoms with E-state index in [1.165, 1.54) is 11.3 Å². The molecule has 0 aliphatic carbocycles. The summed E-state index contributed by atoms with van der Waals surface area (Å²) in [5, 5.41) is 3.77. The van der Waals surface area contributed by atoms with Crippen molar-refractivity contribution in [3.63, 3.8) is 0 Å². The van der Waals surface area contributed by atoms with E-state index < -0.39 is 0 Å². The predicted molar refractivity (Wildman–Crippen MR) is 80.7 cm³/mol. The number of rotatable bonds is 5. The second-order valence-electron chi connectivity index (χ2n) is 5.38. The first-order valence-corrected chi connectivity index (χ1v) is 7.31. The third-order valence-electron chi connectivity index (χ3n) is 4.40. The van der Waals surface area contributed by atoms with E-state index in [4.69, 9.17) is 4.74 Å². The largest absolute Gasteiger partial charge is 0.383 e. The molecule has 1 aliphatic rings. The molecule has 0 amide bonds. The Kier molecular flexibility index (Phi) is 4.83. The molecule has 0 saturated heterocycles. The molecule has 0 atom stereocenters. The first kappa shape index (κ1) is 14.4. The summed E-state index contributed by atoms with van der Waals surface area (Å²) in [5.74, 6) is 0. The Labute approximate surface area is 116 Å². The van der Waals surface area contributed by atoms with Crippen molar-refractivity contribution in [2.24, 2.45) is 0 Å². The lowest BCUT2D eigenvalue weighted by Gasteiger charge is -2.36. The number of anilines is 1. The fourth-order valence-corrected chi connectivity index (χ4v) is 2.88. The van der Waals surface area contributed by atoms with E-state index in [1.807, 2.05) is 0 Å². The highest BCUT2D eigenvalue weighted by molar-refractivity contribution is 5.55. The van der Waals surface area contributed by atoms with Crippen LogP contribution in [0, 0.1) is 0 Å². The van der Waals surface area contributed by atoms with Gasteiger partial charge in [-0.05, 0) is 24.5 Å². The highest BCUT2D eigenvalue weighted by Crippen LogP contribution is 2.29. The van der Waals surface area contributed by atoms with E-state index in [9.17, 15) is 0 Å². The minimum absolute atomic E-state index is 0.215. The van der Waals surface area contributed by atoms with Crippen LogP contribution >= 0.6 is 0 Å². The summed E-state index contributed by atoms with van der Waals surface area (Å²) in [6.07, 6.45) is 2.31. The highest BCUT2D eigenvalue weighted by Gasteiger charge is 2.31. The van der Waals surface area contributed by atoms with Gasteiger partial charge in [-0.15, -0.1) is 0 Å². The number of para-hydroxylation sites is 1. The lowest BCUT2D eigenvalue weighted by molar-refractivity contribution is 0.201. The molecule has 1 heterocycles. The van der Waals surface area contributed by atoms with Crippen LogP contribution in [0.15, 0.2) is 24.3 Å². The Balaban J connectivity index is 2.29. The number of ether oxygens (including phenoxy) is 1. The summed E-state index contributed by atoms with van der Waals surface area (Å²) >= 11 is 0. The maximum Gasteiger partial charge on any atom is 0.0637 e. The van der Waals surface area contributed by atoms with Crippen LogP contribution in [-0.2, 0) is 11.3 Å². The number of benzene rings is 1. The normalized spacial score (nSPS) is 17.9. The van der Waals surface area contributed by atoms with Gasteiger partial charge in [0.1, 0.15) is 0 Å². The smallest absolute Gasteiger partial charge is 0.0637 e. The number of methoxy groups -OCH3 is 1. The molecular formula is C16H26N2O. The van der Waals surface area contributed by atoms with Crippen molar-refractivity contribution in [1.29, 1.82) is 0 Å². The minimum Gasteiger partial charge on any atom is -0.383 e. The van der Waals surface area contributed by atoms with E-state index in [0.717, 1.165) is 39.1 Å². The predicted octanol–water partition coefficient (Wildman–Crippen LogP) is 2.80. The molecule has 1 aromatic rings. The SMILES string of the molecule is CCC1(CC)CN(CCOC)c2ccccc2CN1. The van der Waals surface area contributed by atoms with Gasteiger partial charge in [0.15, 0.2) is 0 Å². The Morgan fingerprint density at radius 3 is 2.68 bits per heavy atom. The van der Waals surface area contributed by atoms with Gasteiger partial charge in [0.2, 0.25) is 0 Å².